The summed E-state index contributed by atoms with van der Waals surface area (Å²) in [5.41, 5.74) is 0.979. The Morgan fingerprint density at radius 3 is 3.07 bits per heavy atom. The Bertz CT molecular complexity index is 457. The molecule has 0 aliphatic heterocycles. The molecule has 0 N–H and O–H groups in total. The van der Waals surface area contributed by atoms with Gasteiger partial charge in [0, 0.05) is 31.1 Å². The summed E-state index contributed by atoms with van der Waals surface area (Å²) < 4.78 is 7.11. The maximum absolute atomic E-state index is 5.61. The number of aryl methyl sites for hydroxylation is 1. The molecule has 2 aromatic rings. The topological polar surface area (TPSA) is 52.8 Å². The molecule has 0 bridgehead atoms. The molecular formula is C9H9ClN4O. The molecule has 0 radical (unpaired) electrons. The Kier molecular flexibility index (Phi) is 2.82. The van der Waals surface area contributed by atoms with Gasteiger partial charge in [0.25, 0.3) is 0 Å². The Hall–Kier alpha value is -1.62. The third-order valence-corrected chi connectivity index (χ3v) is 1.93. The zero-order valence-electron chi connectivity index (χ0n) is 8.09. The van der Waals surface area contributed by atoms with Gasteiger partial charge in [-0.15, -0.1) is 0 Å². The average molecular weight is 225 g/mol. The van der Waals surface area contributed by atoms with Gasteiger partial charge in [0.1, 0.15) is 6.61 Å². The normalized spacial score (nSPS) is 10.3. The summed E-state index contributed by atoms with van der Waals surface area (Å²) in [5, 5.41) is 4.20. The third-order valence-electron chi connectivity index (χ3n) is 1.75. The molecule has 0 atom stereocenters. The maximum atomic E-state index is 5.61. The number of halogens is 1. The van der Waals surface area contributed by atoms with E-state index in [1.807, 2.05) is 13.2 Å². The first-order valence-corrected chi connectivity index (χ1v) is 4.71. The van der Waals surface area contributed by atoms with E-state index in [1.165, 1.54) is 0 Å². The Morgan fingerprint density at radius 2 is 2.40 bits per heavy atom. The molecule has 15 heavy (non-hydrogen) atoms. The molecule has 0 saturated heterocycles. The smallest absolute Gasteiger partial charge is 0.225 e. The average Bonchev–Trinajstić information content (AvgIpc) is 2.62. The molecule has 0 unspecified atom stereocenters. The first kappa shape index (κ1) is 9.92. The maximum Gasteiger partial charge on any atom is 0.225 e. The van der Waals surface area contributed by atoms with Gasteiger partial charge in [-0.05, 0) is 11.6 Å². The number of rotatable bonds is 3. The molecule has 6 heteroatoms. The second-order valence-electron chi connectivity index (χ2n) is 2.97. The zero-order chi connectivity index (χ0) is 10.7. The standard InChI is InChI=1S/C9H9ClN4O/c1-14-5-7(4-12-14)6-15-8-2-3-11-9(10)13-8/h2-5H,6H2,1H3. The molecule has 0 aliphatic carbocycles. The lowest BCUT2D eigenvalue weighted by atomic mass is 10.4. The van der Waals surface area contributed by atoms with Crippen LogP contribution in [0.3, 0.4) is 0 Å². The molecule has 2 rings (SSSR count). The fraction of sp³-hybridized carbons (Fsp3) is 0.222. The van der Waals surface area contributed by atoms with E-state index in [0.29, 0.717) is 12.5 Å². The number of ether oxygens (including phenoxy) is 1. The minimum absolute atomic E-state index is 0.179. The van der Waals surface area contributed by atoms with Crippen molar-refractivity contribution in [1.82, 2.24) is 19.7 Å². The van der Waals surface area contributed by atoms with Gasteiger partial charge in [-0.3, -0.25) is 4.68 Å². The van der Waals surface area contributed by atoms with Gasteiger partial charge in [0.15, 0.2) is 0 Å². The van der Waals surface area contributed by atoms with Gasteiger partial charge in [-0.2, -0.15) is 10.1 Å². The van der Waals surface area contributed by atoms with Gasteiger partial charge in [-0.25, -0.2) is 4.98 Å². The molecule has 0 fully saturated rings. The number of hydrogen-bond donors (Lipinski definition) is 0. The quantitative estimate of drug-likeness (QED) is 0.741. The number of nitrogens with zero attached hydrogens (tertiary/aromatic N) is 4. The van der Waals surface area contributed by atoms with Crippen molar-refractivity contribution in [2.24, 2.45) is 7.05 Å². The lowest BCUT2D eigenvalue weighted by molar-refractivity contribution is 0.293. The predicted octanol–water partition coefficient (Wildman–Crippen LogP) is 1.44. The van der Waals surface area contributed by atoms with Crippen LogP contribution in [0.4, 0.5) is 0 Å². The molecule has 78 valence electrons. The highest BCUT2D eigenvalue weighted by Crippen LogP contribution is 2.10. The molecule has 5 nitrogen and oxygen atoms in total. The molecule has 2 aromatic heterocycles. The summed E-state index contributed by atoms with van der Waals surface area (Å²) in [6.07, 6.45) is 5.17. The van der Waals surface area contributed by atoms with Crippen LogP contribution in [0.5, 0.6) is 5.88 Å². The predicted molar refractivity (Wildman–Crippen MR) is 54.6 cm³/mol. The summed E-state index contributed by atoms with van der Waals surface area (Å²) in [6.45, 7) is 0.418. The lowest BCUT2D eigenvalue weighted by Gasteiger charge is -2.02. The fourth-order valence-electron chi connectivity index (χ4n) is 1.10. The van der Waals surface area contributed by atoms with Crippen molar-refractivity contribution < 1.29 is 4.74 Å². The van der Waals surface area contributed by atoms with Crippen molar-refractivity contribution in [2.45, 2.75) is 6.61 Å². The first-order chi connectivity index (χ1) is 7.24. The largest absolute Gasteiger partial charge is 0.473 e. The second kappa shape index (κ2) is 4.27. The lowest BCUT2D eigenvalue weighted by Crippen LogP contribution is -1.96. The monoisotopic (exact) mass is 224 g/mol. The molecular weight excluding hydrogens is 216 g/mol. The van der Waals surface area contributed by atoms with Crippen molar-refractivity contribution in [1.29, 1.82) is 0 Å². The van der Waals surface area contributed by atoms with E-state index in [1.54, 1.807) is 23.1 Å². The van der Waals surface area contributed by atoms with Crippen LogP contribution in [-0.2, 0) is 13.7 Å². The summed E-state index contributed by atoms with van der Waals surface area (Å²) >= 11 is 5.61. The molecule has 0 aliphatic rings. The first-order valence-electron chi connectivity index (χ1n) is 4.33. The van der Waals surface area contributed by atoms with Gasteiger partial charge < -0.3 is 4.74 Å². The summed E-state index contributed by atoms with van der Waals surface area (Å²) in [5.74, 6) is 0.457. The minimum atomic E-state index is 0.179. The highest BCUT2D eigenvalue weighted by molar-refractivity contribution is 6.28. The van der Waals surface area contributed by atoms with Crippen molar-refractivity contribution in [3.63, 3.8) is 0 Å². The molecule has 0 amide bonds. The Morgan fingerprint density at radius 1 is 1.53 bits per heavy atom. The molecule has 0 aromatic carbocycles. The van der Waals surface area contributed by atoms with Crippen molar-refractivity contribution in [3.8, 4) is 5.88 Å². The highest BCUT2D eigenvalue weighted by Gasteiger charge is 2.00. The minimum Gasteiger partial charge on any atom is -0.473 e. The summed E-state index contributed by atoms with van der Waals surface area (Å²) in [7, 11) is 1.85. The summed E-state index contributed by atoms with van der Waals surface area (Å²) in [4.78, 5) is 7.66. The van der Waals surface area contributed by atoms with Crippen LogP contribution in [0.25, 0.3) is 0 Å². The highest BCUT2D eigenvalue weighted by atomic mass is 35.5. The fourth-order valence-corrected chi connectivity index (χ4v) is 1.24. The third kappa shape index (κ3) is 2.66. The molecule has 0 spiro atoms. The second-order valence-corrected chi connectivity index (χ2v) is 3.31. The van der Waals surface area contributed by atoms with E-state index in [0.717, 1.165) is 5.56 Å². The number of hydrogen-bond acceptors (Lipinski definition) is 4. The van der Waals surface area contributed by atoms with Crippen LogP contribution < -0.4 is 4.74 Å². The number of aromatic nitrogens is 4. The van der Waals surface area contributed by atoms with Crippen molar-refractivity contribution in [3.05, 3.63) is 35.5 Å². The Balaban J connectivity index is 1.99. The van der Waals surface area contributed by atoms with Crippen molar-refractivity contribution in [2.75, 3.05) is 0 Å². The van der Waals surface area contributed by atoms with E-state index in [2.05, 4.69) is 15.1 Å². The van der Waals surface area contributed by atoms with Gasteiger partial charge in [0.2, 0.25) is 11.2 Å². The van der Waals surface area contributed by atoms with E-state index in [9.17, 15) is 0 Å². The van der Waals surface area contributed by atoms with Gasteiger partial charge in [0.05, 0.1) is 6.20 Å². The van der Waals surface area contributed by atoms with Crippen LogP contribution in [0.15, 0.2) is 24.7 Å². The van der Waals surface area contributed by atoms with Crippen LogP contribution in [-0.4, -0.2) is 19.7 Å². The molecule has 2 heterocycles. The van der Waals surface area contributed by atoms with Gasteiger partial charge >= 0.3 is 0 Å². The van der Waals surface area contributed by atoms with Gasteiger partial charge in [-0.1, -0.05) is 0 Å². The SMILES string of the molecule is Cn1cc(COc2ccnc(Cl)n2)cn1. The van der Waals surface area contributed by atoms with E-state index in [4.69, 9.17) is 16.3 Å². The van der Waals surface area contributed by atoms with E-state index in [-0.39, 0.29) is 5.28 Å². The zero-order valence-corrected chi connectivity index (χ0v) is 8.85. The van der Waals surface area contributed by atoms with Crippen molar-refractivity contribution >= 4 is 11.6 Å². The van der Waals surface area contributed by atoms with E-state index < -0.39 is 0 Å². The molecule has 0 saturated carbocycles. The van der Waals surface area contributed by atoms with Crippen LogP contribution in [0.1, 0.15) is 5.56 Å². The summed E-state index contributed by atoms with van der Waals surface area (Å²) in [6, 6.07) is 1.66. The van der Waals surface area contributed by atoms with Crippen LogP contribution in [0.2, 0.25) is 5.28 Å². The van der Waals surface area contributed by atoms with Crippen LogP contribution in [0, 0.1) is 0 Å². The Labute approximate surface area is 91.7 Å². The van der Waals surface area contributed by atoms with Crippen LogP contribution >= 0.6 is 11.6 Å². The van der Waals surface area contributed by atoms with E-state index >= 15 is 0 Å².